The first-order chi connectivity index (χ1) is 24.3. The van der Waals surface area contributed by atoms with Gasteiger partial charge >= 0.3 is 5.69 Å². The van der Waals surface area contributed by atoms with Gasteiger partial charge in [-0.25, -0.2) is 14.8 Å². The highest BCUT2D eigenvalue weighted by Gasteiger charge is 2.35. The van der Waals surface area contributed by atoms with Crippen LogP contribution in [0.25, 0.3) is 28.0 Å². The maximum atomic E-state index is 14.4. The van der Waals surface area contributed by atoms with Gasteiger partial charge in [-0.3, -0.25) is 23.4 Å². The number of rotatable bonds is 7. The fraction of sp³-hybridized carbons (Fsp3) is 0.263. The highest BCUT2D eigenvalue weighted by atomic mass is 79.9. The van der Waals surface area contributed by atoms with Gasteiger partial charge in [-0.05, 0) is 86.7 Å². The van der Waals surface area contributed by atoms with Crippen LogP contribution in [0.5, 0.6) is 0 Å². The molecule has 0 bridgehead atoms. The third-order valence-corrected chi connectivity index (χ3v) is 10.8. The third-order valence-electron chi connectivity index (χ3n) is 9.95. The Morgan fingerprint density at radius 1 is 1.00 bits per heavy atom. The number of hydrogen-bond acceptors (Lipinski definition) is 6. The van der Waals surface area contributed by atoms with Crippen LogP contribution in [-0.2, 0) is 19.6 Å². The number of carbonyl (C=O) groups is 2. The summed E-state index contributed by atoms with van der Waals surface area (Å²) in [5.74, 6) is -0.0311. The second-order valence-corrected chi connectivity index (χ2v) is 14.0. The SMILES string of the molecule is Cc1cc(C(=O)N2Cc3c(C(=O)NCc4ccccc4-c4ncccn4)n(-c4ccc5c(cnn5C5CCC5)c4)c(=O)n3CC2C)ccc1Br. The maximum absolute atomic E-state index is 14.4. The lowest BCUT2D eigenvalue weighted by Crippen LogP contribution is -2.47. The van der Waals surface area contributed by atoms with Crippen LogP contribution in [0.3, 0.4) is 0 Å². The van der Waals surface area contributed by atoms with Crippen molar-refractivity contribution in [2.24, 2.45) is 0 Å². The molecule has 0 spiro atoms. The zero-order valence-corrected chi connectivity index (χ0v) is 29.3. The van der Waals surface area contributed by atoms with Gasteiger partial charge in [0.05, 0.1) is 35.7 Å². The molecule has 0 radical (unpaired) electrons. The Kier molecular flexibility index (Phi) is 8.18. The smallest absolute Gasteiger partial charge is 0.333 e. The van der Waals surface area contributed by atoms with Gasteiger partial charge < -0.3 is 10.2 Å². The van der Waals surface area contributed by atoms with E-state index in [1.54, 1.807) is 34.0 Å². The average Bonchev–Trinajstić information content (AvgIpc) is 3.65. The lowest BCUT2D eigenvalue weighted by atomic mass is 9.93. The molecule has 50 heavy (non-hydrogen) atoms. The van der Waals surface area contributed by atoms with E-state index in [0.29, 0.717) is 28.8 Å². The Morgan fingerprint density at radius 2 is 1.80 bits per heavy atom. The standard InChI is InChI=1S/C38H35BrN8O3/c1-23-17-25(11-13-31(23)39)37(49)44-22-33-34(36(48)42-19-26-7-3-4-10-30(26)35-40-15-6-16-41-35)46(38(50)45(33)21-24(44)2)29-12-14-32-27(18-29)20-43-47(32)28-8-5-9-28/h3-4,6-7,10-18,20,24,28H,5,8-9,19,21-22H2,1-2H3,(H,42,48). The molecular formula is C38H35BrN8O3. The van der Waals surface area contributed by atoms with Crippen molar-refractivity contribution in [2.45, 2.75) is 64.8 Å². The molecule has 8 rings (SSSR count). The first-order valence-corrected chi connectivity index (χ1v) is 17.6. The van der Waals surface area contributed by atoms with Crippen molar-refractivity contribution < 1.29 is 9.59 Å². The fourth-order valence-corrected chi connectivity index (χ4v) is 7.24. The van der Waals surface area contributed by atoms with Crippen LogP contribution in [0, 0.1) is 6.92 Å². The first kappa shape index (κ1) is 31.9. The summed E-state index contributed by atoms with van der Waals surface area (Å²) in [5, 5.41) is 8.63. The number of amides is 2. The van der Waals surface area contributed by atoms with E-state index < -0.39 is 5.91 Å². The van der Waals surface area contributed by atoms with Crippen LogP contribution in [0.2, 0.25) is 0 Å². The van der Waals surface area contributed by atoms with E-state index in [2.05, 4.69) is 41.0 Å². The van der Waals surface area contributed by atoms with Gasteiger partial charge in [-0.15, -0.1) is 0 Å². The van der Waals surface area contributed by atoms with Crippen LogP contribution in [0.15, 0.2) is 94.6 Å². The first-order valence-electron chi connectivity index (χ1n) is 16.8. The van der Waals surface area contributed by atoms with Crippen LogP contribution in [0.4, 0.5) is 0 Å². The third kappa shape index (κ3) is 5.53. The molecule has 12 heteroatoms. The Labute approximate surface area is 296 Å². The molecule has 1 fully saturated rings. The van der Waals surface area contributed by atoms with Gasteiger partial charge in [-0.1, -0.05) is 40.2 Å². The van der Waals surface area contributed by atoms with Crippen molar-refractivity contribution in [1.29, 1.82) is 0 Å². The summed E-state index contributed by atoms with van der Waals surface area (Å²) < 4.78 is 6.11. The highest BCUT2D eigenvalue weighted by molar-refractivity contribution is 9.10. The minimum Gasteiger partial charge on any atom is -0.347 e. The summed E-state index contributed by atoms with van der Waals surface area (Å²) in [4.78, 5) is 53.2. The minimum atomic E-state index is -0.425. The summed E-state index contributed by atoms with van der Waals surface area (Å²) in [6, 6.07) is 20.8. The zero-order valence-electron chi connectivity index (χ0n) is 27.7. The summed E-state index contributed by atoms with van der Waals surface area (Å²) in [6.07, 6.45) is 8.57. The topological polar surface area (TPSA) is 120 Å². The number of halogens is 1. The van der Waals surface area contributed by atoms with Crippen molar-refractivity contribution in [2.75, 3.05) is 0 Å². The van der Waals surface area contributed by atoms with E-state index in [1.165, 1.54) is 11.0 Å². The number of aryl methyl sites for hydroxylation is 1. The van der Waals surface area contributed by atoms with Crippen molar-refractivity contribution in [3.8, 4) is 17.1 Å². The largest absolute Gasteiger partial charge is 0.347 e. The number of fused-ring (bicyclic) bond motifs is 2. The molecule has 1 unspecified atom stereocenters. The fourth-order valence-electron chi connectivity index (χ4n) is 7.00. The molecule has 1 saturated carbocycles. The number of benzene rings is 3. The van der Waals surface area contributed by atoms with Crippen molar-refractivity contribution in [1.82, 2.24) is 39.1 Å². The second-order valence-electron chi connectivity index (χ2n) is 13.1. The van der Waals surface area contributed by atoms with Crippen LogP contribution >= 0.6 is 15.9 Å². The summed E-state index contributed by atoms with van der Waals surface area (Å²) in [6.45, 7) is 4.39. The average molecular weight is 732 g/mol. The quantitative estimate of drug-likeness (QED) is 0.209. The number of imidazole rings is 1. The lowest BCUT2D eigenvalue weighted by Gasteiger charge is -2.34. The second kappa shape index (κ2) is 12.8. The molecule has 2 amide bonds. The molecule has 0 saturated heterocycles. The molecule has 252 valence electrons. The predicted octanol–water partition coefficient (Wildman–Crippen LogP) is 6.22. The summed E-state index contributed by atoms with van der Waals surface area (Å²) in [5.41, 5.74) is 5.04. The highest BCUT2D eigenvalue weighted by Crippen LogP contribution is 2.34. The van der Waals surface area contributed by atoms with Gasteiger partial charge in [0.1, 0.15) is 5.69 Å². The molecule has 4 heterocycles. The number of carbonyl (C=O) groups excluding carboxylic acids is 2. The normalized spacial score (nSPS) is 15.9. The van der Waals surface area contributed by atoms with E-state index in [-0.39, 0.29) is 43.0 Å². The zero-order chi connectivity index (χ0) is 34.5. The van der Waals surface area contributed by atoms with Crippen molar-refractivity contribution in [3.63, 3.8) is 0 Å². The molecule has 1 atom stereocenters. The van der Waals surface area contributed by atoms with Gasteiger partial charge in [-0.2, -0.15) is 5.10 Å². The lowest BCUT2D eigenvalue weighted by molar-refractivity contribution is 0.0610. The van der Waals surface area contributed by atoms with Gasteiger partial charge in [0.25, 0.3) is 11.8 Å². The number of hydrogen-bond donors (Lipinski definition) is 1. The van der Waals surface area contributed by atoms with E-state index in [4.69, 9.17) is 0 Å². The Bertz CT molecular complexity index is 2340. The predicted molar refractivity (Wildman–Crippen MR) is 193 cm³/mol. The van der Waals surface area contributed by atoms with Gasteiger partial charge in [0, 0.05) is 52.5 Å². The van der Waals surface area contributed by atoms with Crippen molar-refractivity contribution >= 4 is 38.6 Å². The summed E-state index contributed by atoms with van der Waals surface area (Å²) >= 11 is 3.52. The Morgan fingerprint density at radius 3 is 2.56 bits per heavy atom. The van der Waals surface area contributed by atoms with E-state index in [9.17, 15) is 14.4 Å². The number of nitrogens with zero attached hydrogens (tertiary/aromatic N) is 7. The van der Waals surface area contributed by atoms with Gasteiger partial charge in [0.15, 0.2) is 5.82 Å². The molecule has 6 aromatic rings. The van der Waals surface area contributed by atoms with Gasteiger partial charge in [0.2, 0.25) is 0 Å². The molecule has 3 aromatic carbocycles. The molecule has 3 aromatic heterocycles. The van der Waals surface area contributed by atoms with E-state index in [1.807, 2.05) is 74.6 Å². The summed E-state index contributed by atoms with van der Waals surface area (Å²) in [7, 11) is 0. The van der Waals surface area contributed by atoms with E-state index in [0.717, 1.165) is 44.9 Å². The molecular weight excluding hydrogens is 696 g/mol. The Hall–Kier alpha value is -5.36. The molecule has 2 aliphatic rings. The van der Waals surface area contributed by atoms with Crippen LogP contribution in [-0.4, -0.2) is 51.6 Å². The Balaban J connectivity index is 1.20. The number of aromatic nitrogens is 6. The van der Waals surface area contributed by atoms with Crippen LogP contribution < -0.4 is 11.0 Å². The maximum Gasteiger partial charge on any atom is 0.333 e. The molecule has 1 aliphatic heterocycles. The van der Waals surface area contributed by atoms with E-state index >= 15 is 0 Å². The van der Waals surface area contributed by atoms with Crippen molar-refractivity contribution in [3.05, 3.63) is 128 Å². The molecule has 11 nitrogen and oxygen atoms in total. The minimum absolute atomic E-state index is 0.0937. The monoisotopic (exact) mass is 730 g/mol. The number of nitrogens with one attached hydrogen (secondary N) is 1. The van der Waals surface area contributed by atoms with Crippen LogP contribution in [0.1, 0.15) is 69.9 Å². The molecule has 1 aliphatic carbocycles. The molecule has 1 N–H and O–H groups in total.